The highest BCUT2D eigenvalue weighted by Crippen LogP contribution is 2.64. The maximum absolute atomic E-state index is 12.6. The molecule has 2 amide bonds. The zero-order valence-electron chi connectivity index (χ0n) is 21.1. The molecule has 2 saturated carbocycles. The predicted molar refractivity (Wildman–Crippen MR) is 140 cm³/mol. The summed E-state index contributed by atoms with van der Waals surface area (Å²) in [7, 11) is 0. The summed E-state index contributed by atoms with van der Waals surface area (Å²) in [6, 6.07) is 0. The van der Waals surface area contributed by atoms with Crippen LogP contribution in [0, 0.1) is 34.0 Å². The van der Waals surface area contributed by atoms with E-state index in [0.29, 0.717) is 12.1 Å². The highest BCUT2D eigenvalue weighted by Gasteiger charge is 2.62. The second kappa shape index (κ2) is 10.4. The van der Waals surface area contributed by atoms with Crippen molar-refractivity contribution in [1.29, 1.82) is 0 Å². The molecular weight excluding hydrogens is 470 g/mol. The molecule has 1 heterocycles. The number of nitrogens with one attached hydrogen (secondary N) is 2. The quantitative estimate of drug-likeness (QED) is 0.208. The van der Waals surface area contributed by atoms with Crippen LogP contribution in [0.5, 0.6) is 0 Å². The summed E-state index contributed by atoms with van der Waals surface area (Å²) in [5.74, 6) is -0.0182. The first-order valence-corrected chi connectivity index (χ1v) is 13.4. The molecule has 37 heavy (non-hydrogen) atoms. The normalized spacial score (nSPS) is 36.0. The number of azide groups is 1. The van der Waals surface area contributed by atoms with Crippen molar-refractivity contribution in [1.82, 2.24) is 10.6 Å². The number of carbonyl (C=O) groups excluding carboxylic acids is 2. The second-order valence-corrected chi connectivity index (χ2v) is 11.2. The first-order valence-electron chi connectivity index (χ1n) is 13.4. The Hall–Kier alpha value is -3.07. The standard InChI is InChI=1S/C27H35N7O3/c28-27-11-7-17-14-18(25(36)31-13-9-24(35)33-37)3-4-20(17)22(27)8-10-26(16-32-34-29)21(5-6-23(26)27)19-2-1-12-30-15-19/h2-5,14,17,20,22-23,30H,1,6-13,15-16,28H2,(H,31,36)/t17?,20?,22?,23?,26-,27-/m0/s1. The first kappa shape index (κ1) is 25.6. The third-order valence-electron chi connectivity index (χ3n) is 9.54. The number of carbonyl (C=O) groups is 2. The summed E-state index contributed by atoms with van der Waals surface area (Å²) in [5.41, 5.74) is 19.3. The average molecular weight is 506 g/mol. The van der Waals surface area contributed by atoms with Crippen molar-refractivity contribution in [3.8, 4) is 0 Å². The van der Waals surface area contributed by atoms with E-state index >= 15 is 0 Å². The Labute approximate surface area is 216 Å². The topological polar surface area (TPSA) is 162 Å². The lowest BCUT2D eigenvalue weighted by Gasteiger charge is -2.60. The maximum Gasteiger partial charge on any atom is 0.288 e. The molecule has 0 aromatic carbocycles. The van der Waals surface area contributed by atoms with Crippen molar-refractivity contribution in [2.75, 3.05) is 26.2 Å². The van der Waals surface area contributed by atoms with Gasteiger partial charge in [0.1, 0.15) is 0 Å². The van der Waals surface area contributed by atoms with E-state index in [9.17, 15) is 20.0 Å². The third kappa shape index (κ3) is 4.47. The molecule has 4 aliphatic carbocycles. The van der Waals surface area contributed by atoms with Gasteiger partial charge in [-0.2, -0.15) is 0 Å². The Morgan fingerprint density at radius 2 is 2.14 bits per heavy atom. The van der Waals surface area contributed by atoms with E-state index in [1.165, 1.54) is 11.1 Å². The molecule has 196 valence electrons. The monoisotopic (exact) mass is 505 g/mol. The van der Waals surface area contributed by atoms with Crippen molar-refractivity contribution < 1.29 is 9.59 Å². The van der Waals surface area contributed by atoms with Gasteiger partial charge in [0, 0.05) is 52.7 Å². The minimum atomic E-state index is -0.769. The van der Waals surface area contributed by atoms with Crippen LogP contribution in [0.4, 0.5) is 0 Å². The van der Waals surface area contributed by atoms with Gasteiger partial charge >= 0.3 is 0 Å². The van der Waals surface area contributed by atoms with Gasteiger partial charge in [0.05, 0.1) is 0 Å². The Kier molecular flexibility index (Phi) is 7.16. The molecule has 4 N–H and O–H groups in total. The number of hydrogen-bond acceptors (Lipinski definition) is 6. The van der Waals surface area contributed by atoms with Gasteiger partial charge in [-0.15, -0.1) is 4.91 Å². The second-order valence-electron chi connectivity index (χ2n) is 11.2. The molecule has 4 unspecified atom stereocenters. The molecule has 5 aliphatic rings. The number of nitrogens with two attached hydrogens (primary N) is 1. The number of allylic oxidation sites excluding steroid dienone is 3. The summed E-state index contributed by atoms with van der Waals surface area (Å²) < 4.78 is 0. The molecule has 1 aliphatic heterocycles. The summed E-state index contributed by atoms with van der Waals surface area (Å²) in [6.45, 7) is 2.37. The molecule has 0 saturated heterocycles. The van der Waals surface area contributed by atoms with Crippen molar-refractivity contribution in [2.24, 2.45) is 45.1 Å². The van der Waals surface area contributed by atoms with Gasteiger partial charge < -0.3 is 16.4 Å². The smallest absolute Gasteiger partial charge is 0.288 e. The maximum atomic E-state index is 12.6. The molecule has 0 aromatic heterocycles. The van der Waals surface area contributed by atoms with E-state index < -0.39 is 5.91 Å². The molecule has 0 bridgehead atoms. The minimum absolute atomic E-state index is 0.0907. The van der Waals surface area contributed by atoms with E-state index in [2.05, 4.69) is 50.1 Å². The van der Waals surface area contributed by atoms with Gasteiger partial charge in [0.15, 0.2) is 0 Å². The van der Waals surface area contributed by atoms with Crippen LogP contribution in [0.3, 0.4) is 0 Å². The van der Waals surface area contributed by atoms with Crippen molar-refractivity contribution >= 4 is 11.8 Å². The van der Waals surface area contributed by atoms with Gasteiger partial charge in [-0.3, -0.25) is 9.59 Å². The van der Waals surface area contributed by atoms with Gasteiger partial charge in [-0.1, -0.05) is 35.5 Å². The lowest BCUT2D eigenvalue weighted by atomic mass is 9.46. The van der Waals surface area contributed by atoms with E-state index in [-0.39, 0.29) is 53.5 Å². The van der Waals surface area contributed by atoms with Crippen LogP contribution in [0.2, 0.25) is 0 Å². The number of rotatable bonds is 7. The highest BCUT2D eigenvalue weighted by atomic mass is 16.3. The lowest BCUT2D eigenvalue weighted by Crippen LogP contribution is -2.65. The fraction of sp³-hybridized carbons (Fsp3) is 0.630. The zero-order valence-corrected chi connectivity index (χ0v) is 21.1. The number of hydrogen-bond donors (Lipinski definition) is 3. The Morgan fingerprint density at radius 1 is 1.27 bits per heavy atom. The molecule has 2 fully saturated rings. The van der Waals surface area contributed by atoms with Crippen LogP contribution in [-0.4, -0.2) is 43.5 Å². The van der Waals surface area contributed by atoms with Gasteiger partial charge in [0.25, 0.3) is 11.8 Å². The fourth-order valence-electron chi connectivity index (χ4n) is 7.94. The molecule has 0 aromatic rings. The number of nitroso groups, excluding NO2 is 1. The van der Waals surface area contributed by atoms with Crippen molar-refractivity contribution in [3.63, 3.8) is 0 Å². The van der Waals surface area contributed by atoms with E-state index in [4.69, 9.17) is 5.73 Å². The van der Waals surface area contributed by atoms with Crippen LogP contribution in [0.15, 0.2) is 57.4 Å². The highest BCUT2D eigenvalue weighted by molar-refractivity contribution is 5.96. The molecule has 5 rings (SSSR count). The summed E-state index contributed by atoms with van der Waals surface area (Å²) in [4.78, 5) is 37.1. The zero-order chi connectivity index (χ0) is 26.0. The molecule has 10 nitrogen and oxygen atoms in total. The average Bonchev–Trinajstić information content (AvgIpc) is 3.32. The summed E-state index contributed by atoms with van der Waals surface area (Å²) >= 11 is 0. The summed E-state index contributed by atoms with van der Waals surface area (Å²) in [5, 5.41) is 12.7. The van der Waals surface area contributed by atoms with E-state index in [0.717, 1.165) is 51.6 Å². The minimum Gasteiger partial charge on any atom is -0.352 e. The number of nitrogens with zero attached hydrogens (tertiary/aromatic N) is 4. The van der Waals surface area contributed by atoms with Crippen LogP contribution in [-0.2, 0) is 9.59 Å². The predicted octanol–water partition coefficient (Wildman–Crippen LogP) is 3.58. The van der Waals surface area contributed by atoms with Crippen LogP contribution in [0.1, 0.15) is 44.9 Å². The Bertz CT molecular complexity index is 1150. The SMILES string of the molecule is [N-]=[N+]=NC[C@]12CCC3C4C=CC(C(=O)NCCC(=O)N=O)=CC4CC[C@@]3(N)C1CC=C2C1=CCCNC1. The largest absolute Gasteiger partial charge is 0.352 e. The number of fused-ring (bicyclic) bond motifs is 5. The lowest BCUT2D eigenvalue weighted by molar-refractivity contribution is -0.118. The molecule has 6 atom stereocenters. The third-order valence-corrected chi connectivity index (χ3v) is 9.54. The van der Waals surface area contributed by atoms with Crippen LogP contribution in [0.25, 0.3) is 10.4 Å². The van der Waals surface area contributed by atoms with Crippen molar-refractivity contribution in [3.05, 3.63) is 62.4 Å². The molecule has 10 heteroatoms. The van der Waals surface area contributed by atoms with Gasteiger partial charge in [-0.25, -0.2) is 0 Å². The number of amides is 2. The molecule has 0 spiro atoms. The van der Waals surface area contributed by atoms with Crippen molar-refractivity contribution in [2.45, 2.75) is 50.5 Å². The Balaban J connectivity index is 1.34. The van der Waals surface area contributed by atoms with Crippen LogP contribution < -0.4 is 16.4 Å². The van der Waals surface area contributed by atoms with E-state index in [1.54, 1.807) is 0 Å². The fourth-order valence-corrected chi connectivity index (χ4v) is 7.94. The van der Waals surface area contributed by atoms with Crippen LogP contribution >= 0.6 is 0 Å². The van der Waals surface area contributed by atoms with Gasteiger partial charge in [-0.05, 0) is 85.4 Å². The van der Waals surface area contributed by atoms with Gasteiger partial charge in [0.2, 0.25) is 0 Å². The van der Waals surface area contributed by atoms with E-state index in [1.807, 2.05) is 6.08 Å². The molecule has 0 radical (unpaired) electrons. The first-order chi connectivity index (χ1) is 17.9. The summed E-state index contributed by atoms with van der Waals surface area (Å²) in [6.07, 6.45) is 16.2. The Morgan fingerprint density at radius 3 is 2.89 bits per heavy atom. The molecular formula is C27H35N7O3.